The third-order valence-corrected chi connectivity index (χ3v) is 2.80. The van der Waals surface area contributed by atoms with Crippen LogP contribution >= 0.6 is 0 Å². The number of hydrogen-bond donors (Lipinski definition) is 1. The van der Waals surface area contributed by atoms with Crippen LogP contribution in [0.4, 0.5) is 0 Å². The number of carboxylic acid groups (broad SMARTS) is 1. The largest absolute Gasteiger partial charge is 0.477 e. The van der Waals surface area contributed by atoms with Gasteiger partial charge in [0.05, 0.1) is 6.10 Å². The quantitative estimate of drug-likeness (QED) is 0.862. The molecule has 1 aromatic heterocycles. The van der Waals surface area contributed by atoms with Crippen LogP contribution in [-0.2, 0) is 11.2 Å². The molecular formula is C12H16N2O3. The molecule has 1 fully saturated rings. The van der Waals surface area contributed by atoms with Gasteiger partial charge in [0.2, 0.25) is 0 Å². The van der Waals surface area contributed by atoms with E-state index < -0.39 is 5.97 Å². The van der Waals surface area contributed by atoms with Crippen molar-refractivity contribution in [3.05, 3.63) is 23.3 Å². The van der Waals surface area contributed by atoms with Gasteiger partial charge in [-0.05, 0) is 32.3 Å². The topological polar surface area (TPSA) is 72.3 Å². The monoisotopic (exact) mass is 236 g/mol. The van der Waals surface area contributed by atoms with Gasteiger partial charge in [0.15, 0.2) is 5.69 Å². The molecule has 5 heteroatoms. The summed E-state index contributed by atoms with van der Waals surface area (Å²) in [5.74, 6) is -0.449. The molecule has 2 heterocycles. The molecule has 1 aliphatic rings. The first-order valence-corrected chi connectivity index (χ1v) is 5.84. The minimum Gasteiger partial charge on any atom is -0.477 e. The Morgan fingerprint density at radius 1 is 1.53 bits per heavy atom. The van der Waals surface area contributed by atoms with Gasteiger partial charge in [-0.3, -0.25) is 0 Å². The van der Waals surface area contributed by atoms with E-state index >= 15 is 0 Å². The Hall–Kier alpha value is -1.49. The molecule has 0 spiro atoms. The summed E-state index contributed by atoms with van der Waals surface area (Å²) in [6.45, 7) is 2.56. The Kier molecular flexibility index (Phi) is 3.68. The van der Waals surface area contributed by atoms with Gasteiger partial charge in [-0.1, -0.05) is 0 Å². The predicted octanol–water partition coefficient (Wildman–Crippen LogP) is 1.59. The summed E-state index contributed by atoms with van der Waals surface area (Å²) >= 11 is 0. The lowest BCUT2D eigenvalue weighted by atomic mass is 10.1. The highest BCUT2D eigenvalue weighted by molar-refractivity contribution is 5.85. The number of aryl methyl sites for hydroxylation is 1. The minimum absolute atomic E-state index is 0.0586. The van der Waals surface area contributed by atoms with Crippen LogP contribution in [-0.4, -0.2) is 33.8 Å². The summed E-state index contributed by atoms with van der Waals surface area (Å²) in [4.78, 5) is 19.2. The summed E-state index contributed by atoms with van der Waals surface area (Å²) in [6, 6.07) is 1.48. The number of hydrogen-bond acceptors (Lipinski definition) is 4. The number of ether oxygens (including phenoxy) is 1. The van der Waals surface area contributed by atoms with Crippen LogP contribution in [0.15, 0.2) is 6.07 Å². The maximum Gasteiger partial charge on any atom is 0.354 e. The van der Waals surface area contributed by atoms with Crippen molar-refractivity contribution in [1.82, 2.24) is 9.97 Å². The maximum absolute atomic E-state index is 10.9. The molecule has 0 saturated carbocycles. The molecule has 0 amide bonds. The second-order valence-electron chi connectivity index (χ2n) is 4.31. The summed E-state index contributed by atoms with van der Waals surface area (Å²) in [6.07, 6.45) is 3.99. The van der Waals surface area contributed by atoms with E-state index in [9.17, 15) is 4.79 Å². The fourth-order valence-corrected chi connectivity index (χ4v) is 2.00. The molecule has 1 atom stereocenters. The van der Waals surface area contributed by atoms with E-state index in [1.807, 2.05) is 0 Å². The van der Waals surface area contributed by atoms with Crippen LogP contribution in [0.25, 0.3) is 0 Å². The smallest absolute Gasteiger partial charge is 0.354 e. The van der Waals surface area contributed by atoms with Crippen LogP contribution in [0, 0.1) is 6.92 Å². The van der Waals surface area contributed by atoms with Gasteiger partial charge in [0, 0.05) is 18.7 Å². The Bertz CT molecular complexity index is 414. The Morgan fingerprint density at radius 3 is 3.00 bits per heavy atom. The molecule has 0 bridgehead atoms. The predicted molar refractivity (Wildman–Crippen MR) is 61.0 cm³/mol. The molecule has 0 aliphatic carbocycles. The SMILES string of the molecule is Cc1cc(C(=O)O)nc(CC2CCCCO2)n1. The molecule has 1 aromatic rings. The van der Waals surface area contributed by atoms with Crippen LogP contribution < -0.4 is 0 Å². The van der Waals surface area contributed by atoms with E-state index in [1.54, 1.807) is 6.92 Å². The Labute approximate surface area is 99.9 Å². The molecule has 5 nitrogen and oxygen atoms in total. The van der Waals surface area contributed by atoms with Gasteiger partial charge in [-0.2, -0.15) is 0 Å². The molecular weight excluding hydrogens is 220 g/mol. The highest BCUT2D eigenvalue weighted by Gasteiger charge is 2.17. The molecule has 1 aliphatic heterocycles. The van der Waals surface area contributed by atoms with Crippen molar-refractivity contribution in [2.45, 2.75) is 38.7 Å². The number of aromatic carboxylic acids is 1. The van der Waals surface area contributed by atoms with Gasteiger partial charge >= 0.3 is 5.97 Å². The number of carboxylic acids is 1. The molecule has 0 aromatic carbocycles. The van der Waals surface area contributed by atoms with E-state index in [0.29, 0.717) is 17.9 Å². The zero-order valence-corrected chi connectivity index (χ0v) is 9.85. The zero-order valence-electron chi connectivity index (χ0n) is 9.85. The van der Waals surface area contributed by atoms with Gasteiger partial charge in [-0.25, -0.2) is 14.8 Å². The highest BCUT2D eigenvalue weighted by Crippen LogP contribution is 2.16. The number of aromatic nitrogens is 2. The van der Waals surface area contributed by atoms with Crippen molar-refractivity contribution >= 4 is 5.97 Å². The van der Waals surface area contributed by atoms with Gasteiger partial charge in [-0.15, -0.1) is 0 Å². The average Bonchev–Trinajstić information content (AvgIpc) is 2.29. The number of nitrogens with zero attached hydrogens (tertiary/aromatic N) is 2. The zero-order chi connectivity index (χ0) is 12.3. The second-order valence-corrected chi connectivity index (χ2v) is 4.31. The van der Waals surface area contributed by atoms with Crippen LogP contribution in [0.5, 0.6) is 0 Å². The molecule has 0 radical (unpaired) electrons. The van der Waals surface area contributed by atoms with Crippen molar-refractivity contribution in [3.8, 4) is 0 Å². The Balaban J connectivity index is 2.11. The second kappa shape index (κ2) is 5.23. The molecule has 1 N–H and O–H groups in total. The van der Waals surface area contributed by atoms with E-state index in [2.05, 4.69) is 9.97 Å². The van der Waals surface area contributed by atoms with Gasteiger partial charge in [0.25, 0.3) is 0 Å². The third kappa shape index (κ3) is 3.23. The Morgan fingerprint density at radius 2 is 2.35 bits per heavy atom. The van der Waals surface area contributed by atoms with E-state index in [-0.39, 0.29) is 11.8 Å². The molecule has 2 rings (SSSR count). The van der Waals surface area contributed by atoms with Crippen molar-refractivity contribution in [2.24, 2.45) is 0 Å². The number of carbonyl (C=O) groups is 1. The van der Waals surface area contributed by atoms with Crippen LogP contribution in [0.3, 0.4) is 0 Å². The highest BCUT2D eigenvalue weighted by atomic mass is 16.5. The summed E-state index contributed by atoms with van der Waals surface area (Å²) < 4.78 is 5.59. The van der Waals surface area contributed by atoms with E-state index in [0.717, 1.165) is 25.9 Å². The standard InChI is InChI=1S/C12H16N2O3/c1-8-6-10(12(15)16)14-11(13-8)7-9-4-2-3-5-17-9/h6,9H,2-5,7H2,1H3,(H,15,16). The first kappa shape index (κ1) is 12.0. The fraction of sp³-hybridized carbons (Fsp3) is 0.583. The number of rotatable bonds is 3. The first-order valence-electron chi connectivity index (χ1n) is 5.84. The molecule has 92 valence electrons. The molecule has 1 saturated heterocycles. The van der Waals surface area contributed by atoms with Crippen molar-refractivity contribution in [1.29, 1.82) is 0 Å². The van der Waals surface area contributed by atoms with Gasteiger partial charge in [0.1, 0.15) is 5.82 Å². The summed E-state index contributed by atoms with van der Waals surface area (Å²) in [5, 5.41) is 8.92. The van der Waals surface area contributed by atoms with Crippen LogP contribution in [0.1, 0.15) is 41.3 Å². The third-order valence-electron chi connectivity index (χ3n) is 2.80. The van der Waals surface area contributed by atoms with E-state index in [1.165, 1.54) is 6.07 Å². The summed E-state index contributed by atoms with van der Waals surface area (Å²) in [5.41, 5.74) is 0.742. The van der Waals surface area contributed by atoms with Crippen molar-refractivity contribution in [3.63, 3.8) is 0 Å². The lowest BCUT2D eigenvalue weighted by molar-refractivity contribution is 0.0155. The summed E-state index contributed by atoms with van der Waals surface area (Å²) in [7, 11) is 0. The lowest BCUT2D eigenvalue weighted by Gasteiger charge is -2.21. The van der Waals surface area contributed by atoms with Crippen molar-refractivity contribution < 1.29 is 14.6 Å². The normalized spacial score (nSPS) is 20.2. The minimum atomic E-state index is -1.01. The molecule has 1 unspecified atom stereocenters. The van der Waals surface area contributed by atoms with Crippen molar-refractivity contribution in [2.75, 3.05) is 6.61 Å². The maximum atomic E-state index is 10.9. The fourth-order valence-electron chi connectivity index (χ4n) is 2.00. The van der Waals surface area contributed by atoms with Gasteiger partial charge < -0.3 is 9.84 Å². The lowest BCUT2D eigenvalue weighted by Crippen LogP contribution is -2.23. The molecule has 17 heavy (non-hydrogen) atoms. The van der Waals surface area contributed by atoms with E-state index in [4.69, 9.17) is 9.84 Å². The van der Waals surface area contributed by atoms with Crippen LogP contribution in [0.2, 0.25) is 0 Å². The average molecular weight is 236 g/mol. The first-order chi connectivity index (χ1) is 8.15.